The molecule has 0 aliphatic rings. The molecule has 8 heteroatoms. The van der Waals surface area contributed by atoms with Crippen molar-refractivity contribution in [3.63, 3.8) is 0 Å². The summed E-state index contributed by atoms with van der Waals surface area (Å²) in [6, 6.07) is 0. The first-order valence-electron chi connectivity index (χ1n) is 6.14. The summed E-state index contributed by atoms with van der Waals surface area (Å²) < 4.78 is 4.67. The fraction of sp³-hybridized carbons (Fsp3) is 0.385. The van der Waals surface area contributed by atoms with Gasteiger partial charge in [0.1, 0.15) is 4.88 Å². The highest BCUT2D eigenvalue weighted by atomic mass is 32.1. The van der Waals surface area contributed by atoms with E-state index in [-0.39, 0.29) is 11.5 Å². The van der Waals surface area contributed by atoms with Gasteiger partial charge in [-0.15, -0.1) is 11.3 Å². The molecule has 0 spiro atoms. The number of esters is 1. The molecule has 0 saturated heterocycles. The second-order valence-electron chi connectivity index (χ2n) is 4.44. The number of ketones is 1. The summed E-state index contributed by atoms with van der Waals surface area (Å²) in [7, 11) is 3.12. The highest BCUT2D eigenvalue weighted by Crippen LogP contribution is 2.27. The van der Waals surface area contributed by atoms with Crippen LogP contribution in [0.15, 0.2) is 5.38 Å². The number of rotatable bonds is 5. The molecule has 0 N–H and O–H groups in total. The largest absolute Gasteiger partial charge is 0.464 e. The number of anilines is 1. The van der Waals surface area contributed by atoms with Crippen LogP contribution >= 0.6 is 22.7 Å². The normalized spacial score (nSPS) is 10.5. The lowest BCUT2D eigenvalue weighted by Crippen LogP contribution is -2.16. The van der Waals surface area contributed by atoms with E-state index in [2.05, 4.69) is 14.7 Å². The average molecular weight is 325 g/mol. The molecule has 0 saturated carbocycles. The van der Waals surface area contributed by atoms with E-state index >= 15 is 0 Å². The van der Waals surface area contributed by atoms with Crippen molar-refractivity contribution in [3.05, 3.63) is 26.7 Å². The third-order valence-electron chi connectivity index (χ3n) is 2.71. The number of thiazole rings is 2. The zero-order valence-corrected chi connectivity index (χ0v) is 13.8. The Bertz CT molecular complexity index is 678. The van der Waals surface area contributed by atoms with E-state index in [4.69, 9.17) is 0 Å². The molecule has 0 fully saturated rings. The Balaban J connectivity index is 2.27. The maximum absolute atomic E-state index is 11.7. The molecule has 2 aromatic rings. The molecule has 2 aromatic heterocycles. The van der Waals surface area contributed by atoms with Gasteiger partial charge >= 0.3 is 5.97 Å². The van der Waals surface area contributed by atoms with Gasteiger partial charge in [0.2, 0.25) is 0 Å². The van der Waals surface area contributed by atoms with Crippen molar-refractivity contribution in [3.8, 4) is 0 Å². The van der Waals surface area contributed by atoms with Crippen molar-refractivity contribution in [2.45, 2.75) is 20.4 Å². The molecule has 0 aliphatic heterocycles. The second-order valence-corrected chi connectivity index (χ2v) is 6.48. The fourth-order valence-electron chi connectivity index (χ4n) is 1.74. The number of hydrogen-bond acceptors (Lipinski definition) is 8. The Hall–Kier alpha value is -1.80. The van der Waals surface area contributed by atoms with Crippen LogP contribution in [-0.4, -0.2) is 35.9 Å². The molecule has 112 valence electrons. The molecular weight excluding hydrogens is 310 g/mol. The van der Waals surface area contributed by atoms with Crippen molar-refractivity contribution >= 4 is 39.6 Å². The van der Waals surface area contributed by atoms with Gasteiger partial charge in [0.15, 0.2) is 16.6 Å². The van der Waals surface area contributed by atoms with Gasteiger partial charge < -0.3 is 9.64 Å². The predicted molar refractivity (Wildman–Crippen MR) is 82.4 cm³/mol. The van der Waals surface area contributed by atoms with Gasteiger partial charge in [-0.3, -0.25) is 4.79 Å². The van der Waals surface area contributed by atoms with Crippen molar-refractivity contribution in [1.29, 1.82) is 0 Å². The second kappa shape index (κ2) is 6.31. The predicted octanol–water partition coefficient (Wildman–Crippen LogP) is 2.53. The van der Waals surface area contributed by atoms with Gasteiger partial charge in [-0.25, -0.2) is 14.8 Å². The van der Waals surface area contributed by atoms with E-state index in [1.54, 1.807) is 11.3 Å². The van der Waals surface area contributed by atoms with Gasteiger partial charge in [0.25, 0.3) is 0 Å². The summed E-state index contributed by atoms with van der Waals surface area (Å²) in [5.41, 5.74) is 1.01. The lowest BCUT2D eigenvalue weighted by atomic mass is 10.3. The minimum absolute atomic E-state index is 0.0753. The van der Waals surface area contributed by atoms with Crippen LogP contribution in [-0.2, 0) is 11.3 Å². The van der Waals surface area contributed by atoms with Crippen molar-refractivity contribution in [2.75, 3.05) is 19.1 Å². The zero-order chi connectivity index (χ0) is 15.6. The Labute approximate surface area is 130 Å². The van der Waals surface area contributed by atoms with E-state index in [1.807, 2.05) is 24.3 Å². The minimum atomic E-state index is -0.597. The minimum Gasteiger partial charge on any atom is -0.464 e. The molecule has 0 aromatic carbocycles. The molecule has 2 rings (SSSR count). The average Bonchev–Trinajstić information content (AvgIpc) is 3.04. The van der Waals surface area contributed by atoms with Gasteiger partial charge in [0, 0.05) is 19.4 Å². The van der Waals surface area contributed by atoms with E-state index in [0.29, 0.717) is 16.6 Å². The van der Waals surface area contributed by atoms with Crippen LogP contribution in [0, 0.1) is 6.92 Å². The molecule has 6 nitrogen and oxygen atoms in total. The Kier molecular flexibility index (Phi) is 4.69. The molecule has 21 heavy (non-hydrogen) atoms. The number of hydrogen-bond donors (Lipinski definition) is 0. The number of carbonyl (C=O) groups is 2. The summed E-state index contributed by atoms with van der Waals surface area (Å²) in [6.45, 7) is 3.92. The number of nitrogens with zero attached hydrogens (tertiary/aromatic N) is 3. The standard InChI is InChI=1S/C13H15N3O3S2/c1-7(17)11-10(12(18)19-4)15-13(21-11)16(3)5-9-6-20-8(2)14-9/h6H,5H2,1-4H3. The molecule has 0 unspecified atom stereocenters. The summed E-state index contributed by atoms with van der Waals surface area (Å²) in [6.07, 6.45) is 0. The lowest BCUT2D eigenvalue weighted by Gasteiger charge is -2.13. The fourth-order valence-corrected chi connectivity index (χ4v) is 3.25. The number of aromatic nitrogens is 2. The van der Waals surface area contributed by atoms with Gasteiger partial charge in [-0.2, -0.15) is 0 Å². The van der Waals surface area contributed by atoms with Crippen LogP contribution in [0.4, 0.5) is 5.13 Å². The van der Waals surface area contributed by atoms with Crippen LogP contribution in [0.5, 0.6) is 0 Å². The van der Waals surface area contributed by atoms with E-state index in [0.717, 1.165) is 10.7 Å². The van der Waals surface area contributed by atoms with Crippen LogP contribution in [0.25, 0.3) is 0 Å². The van der Waals surface area contributed by atoms with Crippen molar-refractivity contribution in [2.24, 2.45) is 0 Å². The number of Topliss-reactive ketones (excluding diaryl/α,β-unsaturated/α-hetero) is 1. The topological polar surface area (TPSA) is 72.4 Å². The van der Waals surface area contributed by atoms with Crippen LogP contribution < -0.4 is 4.90 Å². The van der Waals surface area contributed by atoms with E-state index in [9.17, 15) is 9.59 Å². The van der Waals surface area contributed by atoms with Gasteiger partial charge in [-0.1, -0.05) is 11.3 Å². The van der Waals surface area contributed by atoms with Crippen LogP contribution in [0.2, 0.25) is 0 Å². The summed E-state index contributed by atoms with van der Waals surface area (Å²) >= 11 is 2.77. The molecular formula is C13H15N3O3S2. The molecule has 0 atom stereocenters. The SMILES string of the molecule is COC(=O)c1nc(N(C)Cc2csc(C)n2)sc1C(C)=O. The lowest BCUT2D eigenvalue weighted by molar-refractivity contribution is 0.0591. The summed E-state index contributed by atoms with van der Waals surface area (Å²) in [5.74, 6) is -0.794. The Morgan fingerprint density at radius 3 is 2.62 bits per heavy atom. The molecule has 0 radical (unpaired) electrons. The third-order valence-corrected chi connectivity index (χ3v) is 4.80. The first-order chi connectivity index (χ1) is 9.92. The van der Waals surface area contributed by atoms with E-state index < -0.39 is 5.97 Å². The highest BCUT2D eigenvalue weighted by Gasteiger charge is 2.23. The number of aryl methyl sites for hydroxylation is 1. The Morgan fingerprint density at radius 2 is 2.10 bits per heavy atom. The van der Waals surface area contributed by atoms with Crippen LogP contribution in [0.1, 0.15) is 37.8 Å². The highest BCUT2D eigenvalue weighted by molar-refractivity contribution is 7.17. The summed E-state index contributed by atoms with van der Waals surface area (Å²) in [5, 5.41) is 3.57. The monoisotopic (exact) mass is 325 g/mol. The zero-order valence-electron chi connectivity index (χ0n) is 12.2. The van der Waals surface area contributed by atoms with Crippen LogP contribution in [0.3, 0.4) is 0 Å². The van der Waals surface area contributed by atoms with Crippen molar-refractivity contribution in [1.82, 2.24) is 9.97 Å². The molecule has 0 amide bonds. The smallest absolute Gasteiger partial charge is 0.358 e. The molecule has 0 aliphatic carbocycles. The maximum atomic E-state index is 11.7. The quantitative estimate of drug-likeness (QED) is 0.621. The van der Waals surface area contributed by atoms with Crippen molar-refractivity contribution < 1.29 is 14.3 Å². The number of ether oxygens (including phenoxy) is 1. The summed E-state index contributed by atoms with van der Waals surface area (Å²) in [4.78, 5) is 34.1. The molecule has 2 heterocycles. The Morgan fingerprint density at radius 1 is 1.38 bits per heavy atom. The number of carbonyl (C=O) groups excluding carboxylic acids is 2. The molecule has 0 bridgehead atoms. The third kappa shape index (κ3) is 3.45. The van der Waals surface area contributed by atoms with E-state index in [1.165, 1.54) is 25.4 Å². The van der Waals surface area contributed by atoms with Gasteiger partial charge in [0.05, 0.1) is 24.4 Å². The maximum Gasteiger partial charge on any atom is 0.358 e. The first-order valence-corrected chi connectivity index (χ1v) is 7.84. The first kappa shape index (κ1) is 15.6. The number of methoxy groups -OCH3 is 1. The van der Waals surface area contributed by atoms with Gasteiger partial charge in [-0.05, 0) is 6.92 Å².